The highest BCUT2D eigenvalue weighted by Crippen LogP contribution is 2.20. The number of likely N-dealkylation sites (tertiary alicyclic amines) is 1. The summed E-state index contributed by atoms with van der Waals surface area (Å²) in [6.07, 6.45) is 8.03. The van der Waals surface area contributed by atoms with Crippen molar-refractivity contribution < 1.29 is 0 Å². The van der Waals surface area contributed by atoms with E-state index in [2.05, 4.69) is 58.3 Å². The summed E-state index contributed by atoms with van der Waals surface area (Å²) >= 11 is 0. The molecule has 1 N–H and O–H groups in total. The van der Waals surface area contributed by atoms with Gasteiger partial charge in [-0.3, -0.25) is 14.3 Å². The molecule has 0 bridgehead atoms. The van der Waals surface area contributed by atoms with Gasteiger partial charge in [0.25, 0.3) is 5.56 Å². The van der Waals surface area contributed by atoms with Crippen LogP contribution in [0.3, 0.4) is 0 Å². The predicted octanol–water partition coefficient (Wildman–Crippen LogP) is 4.75. The van der Waals surface area contributed by atoms with Crippen molar-refractivity contribution in [3.8, 4) is 0 Å². The van der Waals surface area contributed by atoms with E-state index in [1.807, 2.05) is 0 Å². The average molecular weight is 420 g/mol. The Morgan fingerprint density at radius 1 is 1.03 bits per heavy atom. The molecule has 0 amide bonds. The molecule has 1 aromatic carbocycles. The lowest BCUT2D eigenvalue weighted by molar-refractivity contribution is 0.277. The van der Waals surface area contributed by atoms with Crippen molar-refractivity contribution >= 4 is 17.0 Å². The zero-order valence-corrected chi connectivity index (χ0v) is 18.7. The first-order chi connectivity index (χ1) is 15.1. The molecular formula is C25H33N5O. The number of nitrogens with one attached hydrogen (secondary N) is 1. The molecule has 3 aromatic rings. The largest absolute Gasteiger partial charge is 0.348 e. The van der Waals surface area contributed by atoms with Crippen LogP contribution in [-0.2, 0) is 13.1 Å². The van der Waals surface area contributed by atoms with E-state index in [9.17, 15) is 4.79 Å². The van der Waals surface area contributed by atoms with Crippen LogP contribution in [0.2, 0.25) is 0 Å². The topological polar surface area (TPSA) is 63.1 Å². The Morgan fingerprint density at radius 3 is 2.48 bits per heavy atom. The van der Waals surface area contributed by atoms with Crippen LogP contribution in [0.25, 0.3) is 11.0 Å². The van der Waals surface area contributed by atoms with E-state index in [0.29, 0.717) is 18.1 Å². The molecule has 1 aliphatic heterocycles. The van der Waals surface area contributed by atoms with E-state index in [4.69, 9.17) is 0 Å². The number of benzene rings is 1. The van der Waals surface area contributed by atoms with Crippen LogP contribution >= 0.6 is 0 Å². The van der Waals surface area contributed by atoms with Crippen LogP contribution in [0.15, 0.2) is 47.4 Å². The number of hydrogen-bond acceptors (Lipinski definition) is 5. The summed E-state index contributed by atoms with van der Waals surface area (Å²) < 4.78 is 1.73. The molecule has 6 nitrogen and oxygen atoms in total. The Hall–Kier alpha value is -2.73. The van der Waals surface area contributed by atoms with Crippen molar-refractivity contribution in [2.75, 3.05) is 18.4 Å². The third-order valence-electron chi connectivity index (χ3n) is 6.10. The molecule has 31 heavy (non-hydrogen) atoms. The highest BCUT2D eigenvalue weighted by molar-refractivity contribution is 5.75. The quantitative estimate of drug-likeness (QED) is 0.599. The molecule has 0 aliphatic carbocycles. The van der Waals surface area contributed by atoms with Crippen LogP contribution in [0.1, 0.15) is 63.1 Å². The number of aryl methyl sites for hydroxylation is 1. The molecule has 1 fully saturated rings. The second kappa shape index (κ2) is 10.1. The van der Waals surface area contributed by atoms with Gasteiger partial charge in [-0.15, -0.1) is 0 Å². The first-order valence-electron chi connectivity index (χ1n) is 11.6. The van der Waals surface area contributed by atoms with E-state index < -0.39 is 0 Å². The maximum atomic E-state index is 12.3. The van der Waals surface area contributed by atoms with Gasteiger partial charge in [0.2, 0.25) is 5.95 Å². The van der Waals surface area contributed by atoms with E-state index in [1.165, 1.54) is 49.9 Å². The molecule has 1 aliphatic rings. The van der Waals surface area contributed by atoms with Crippen molar-refractivity contribution in [1.82, 2.24) is 19.4 Å². The van der Waals surface area contributed by atoms with Crippen LogP contribution in [0.4, 0.5) is 5.95 Å². The number of nitrogens with zero attached hydrogens (tertiary/aromatic N) is 4. The average Bonchev–Trinajstić information content (AvgIpc) is 3.05. The Kier molecular flexibility index (Phi) is 6.97. The van der Waals surface area contributed by atoms with Gasteiger partial charge in [0.15, 0.2) is 0 Å². The highest BCUT2D eigenvalue weighted by atomic mass is 16.1. The van der Waals surface area contributed by atoms with Gasteiger partial charge in [0, 0.05) is 30.7 Å². The second-order valence-electron chi connectivity index (χ2n) is 8.59. The minimum Gasteiger partial charge on any atom is -0.348 e. The second-order valence-corrected chi connectivity index (χ2v) is 8.59. The monoisotopic (exact) mass is 419 g/mol. The van der Waals surface area contributed by atoms with E-state index in [1.54, 1.807) is 22.9 Å². The molecule has 0 radical (unpaired) electrons. The number of aromatic nitrogens is 3. The lowest BCUT2D eigenvalue weighted by Crippen LogP contribution is -2.23. The molecule has 4 rings (SSSR count). The third-order valence-corrected chi connectivity index (χ3v) is 6.10. The smallest absolute Gasteiger partial charge is 0.252 e. The van der Waals surface area contributed by atoms with Gasteiger partial charge in [-0.2, -0.15) is 4.98 Å². The number of pyridine rings is 1. The van der Waals surface area contributed by atoms with Gasteiger partial charge >= 0.3 is 0 Å². The molecule has 3 heterocycles. The molecule has 2 aromatic heterocycles. The van der Waals surface area contributed by atoms with Gasteiger partial charge in [-0.25, -0.2) is 4.98 Å². The molecule has 0 unspecified atom stereocenters. The van der Waals surface area contributed by atoms with Crippen molar-refractivity contribution in [3.63, 3.8) is 0 Å². The SMILES string of the molecule is CCCn1c(=O)ccc2cnc(N[C@@H](C)c3ccc(CN4CCCCCC4)cc3)nc21. The Morgan fingerprint density at radius 2 is 1.77 bits per heavy atom. The number of fused-ring (bicyclic) bond motifs is 1. The number of anilines is 1. The molecule has 0 saturated carbocycles. The summed E-state index contributed by atoms with van der Waals surface area (Å²) in [7, 11) is 0. The first-order valence-corrected chi connectivity index (χ1v) is 11.6. The third kappa shape index (κ3) is 5.31. The van der Waals surface area contributed by atoms with Crippen LogP contribution in [0, 0.1) is 0 Å². The summed E-state index contributed by atoms with van der Waals surface area (Å²) in [5, 5.41) is 4.28. The lowest BCUT2D eigenvalue weighted by atomic mass is 10.1. The van der Waals surface area contributed by atoms with Crippen LogP contribution < -0.4 is 10.9 Å². The first kappa shape index (κ1) is 21.5. The zero-order chi connectivity index (χ0) is 21.6. The van der Waals surface area contributed by atoms with Crippen LogP contribution in [-0.4, -0.2) is 32.5 Å². The maximum absolute atomic E-state index is 12.3. The van der Waals surface area contributed by atoms with E-state index >= 15 is 0 Å². The van der Waals surface area contributed by atoms with Gasteiger partial charge in [-0.1, -0.05) is 44.0 Å². The molecule has 6 heteroatoms. The minimum atomic E-state index is -0.0213. The van der Waals surface area contributed by atoms with Crippen molar-refractivity contribution in [3.05, 3.63) is 64.1 Å². The van der Waals surface area contributed by atoms with E-state index in [-0.39, 0.29) is 11.6 Å². The molecule has 1 saturated heterocycles. The summed E-state index contributed by atoms with van der Waals surface area (Å²) in [4.78, 5) is 23.9. The van der Waals surface area contributed by atoms with Crippen molar-refractivity contribution in [1.29, 1.82) is 0 Å². The predicted molar refractivity (Wildman–Crippen MR) is 126 cm³/mol. The standard InChI is InChI=1S/C25H33N5O/c1-3-14-30-23(31)13-12-22-17-26-25(28-24(22)30)27-19(2)21-10-8-20(9-11-21)18-29-15-6-4-5-7-16-29/h8-13,17,19H,3-7,14-16,18H2,1-2H3,(H,26,27,28)/t19-/m0/s1. The summed E-state index contributed by atoms with van der Waals surface area (Å²) in [5.41, 5.74) is 3.23. The van der Waals surface area contributed by atoms with Gasteiger partial charge in [0.1, 0.15) is 5.65 Å². The maximum Gasteiger partial charge on any atom is 0.252 e. The van der Waals surface area contributed by atoms with E-state index in [0.717, 1.165) is 18.4 Å². The summed E-state index contributed by atoms with van der Waals surface area (Å²) in [5.74, 6) is 0.545. The number of rotatable bonds is 7. The molecular weight excluding hydrogens is 386 g/mol. The van der Waals surface area contributed by atoms with Crippen molar-refractivity contribution in [2.45, 2.75) is 65.1 Å². The summed E-state index contributed by atoms with van der Waals surface area (Å²) in [6.45, 7) is 8.28. The summed E-state index contributed by atoms with van der Waals surface area (Å²) in [6, 6.07) is 12.3. The number of hydrogen-bond donors (Lipinski definition) is 1. The fraction of sp³-hybridized carbons (Fsp3) is 0.480. The Balaban J connectivity index is 1.46. The zero-order valence-electron chi connectivity index (χ0n) is 18.7. The van der Waals surface area contributed by atoms with Gasteiger partial charge < -0.3 is 5.32 Å². The Labute approximate surface area is 184 Å². The normalized spacial score (nSPS) is 16.2. The molecule has 0 spiro atoms. The van der Waals surface area contributed by atoms with Gasteiger partial charge in [-0.05, 0) is 56.5 Å². The Bertz CT molecular complexity index is 1050. The van der Waals surface area contributed by atoms with Gasteiger partial charge in [0.05, 0.1) is 6.04 Å². The minimum absolute atomic E-state index is 0.0213. The molecule has 1 atom stereocenters. The fourth-order valence-electron chi connectivity index (χ4n) is 4.32. The lowest BCUT2D eigenvalue weighted by Gasteiger charge is -2.20. The molecule has 164 valence electrons. The fourth-order valence-corrected chi connectivity index (χ4v) is 4.32. The van der Waals surface area contributed by atoms with Crippen molar-refractivity contribution in [2.24, 2.45) is 0 Å². The highest BCUT2D eigenvalue weighted by Gasteiger charge is 2.12. The van der Waals surface area contributed by atoms with Crippen LogP contribution in [0.5, 0.6) is 0 Å².